The maximum atomic E-state index is 13.1. The molecule has 1 unspecified atom stereocenters. The van der Waals surface area contributed by atoms with Crippen LogP contribution >= 0.6 is 0 Å². The summed E-state index contributed by atoms with van der Waals surface area (Å²) in [7, 11) is 0. The van der Waals surface area contributed by atoms with Gasteiger partial charge in [-0.1, -0.05) is 35.5 Å². The molecule has 6 nitrogen and oxygen atoms in total. The summed E-state index contributed by atoms with van der Waals surface area (Å²) < 4.78 is 1.97. The van der Waals surface area contributed by atoms with Gasteiger partial charge in [0.1, 0.15) is 0 Å². The lowest BCUT2D eigenvalue weighted by Gasteiger charge is -2.24. The molecule has 1 atom stereocenters. The van der Waals surface area contributed by atoms with E-state index in [1.807, 2.05) is 16.5 Å². The Morgan fingerprint density at radius 3 is 2.63 bits per heavy atom. The third kappa shape index (κ3) is 3.90. The molecule has 144 valence electrons. The Hall–Kier alpha value is -2.21. The van der Waals surface area contributed by atoms with E-state index in [0.29, 0.717) is 17.7 Å². The molecule has 1 amide bonds. The summed E-state index contributed by atoms with van der Waals surface area (Å²) in [6.07, 6.45) is 5.26. The molecule has 2 aromatic rings. The lowest BCUT2D eigenvalue weighted by molar-refractivity contribution is 0.0754. The Balaban J connectivity index is 1.44. The first-order valence-corrected chi connectivity index (χ1v) is 10.2. The number of benzene rings is 1. The molecule has 0 radical (unpaired) electrons. The van der Waals surface area contributed by atoms with E-state index in [2.05, 4.69) is 46.0 Å². The van der Waals surface area contributed by atoms with Crippen molar-refractivity contribution in [1.29, 1.82) is 0 Å². The molecular weight excluding hydrogens is 338 g/mol. The first kappa shape index (κ1) is 18.2. The van der Waals surface area contributed by atoms with Gasteiger partial charge in [-0.2, -0.15) is 0 Å². The van der Waals surface area contributed by atoms with Crippen molar-refractivity contribution in [3.8, 4) is 0 Å². The number of carbonyl (C=O) groups excluding carboxylic acids is 1. The number of likely N-dealkylation sites (tertiary alicyclic amines) is 1. The largest absolute Gasteiger partial charge is 0.337 e. The van der Waals surface area contributed by atoms with E-state index in [-0.39, 0.29) is 5.91 Å². The third-order valence-electron chi connectivity index (χ3n) is 6.07. The third-order valence-corrected chi connectivity index (χ3v) is 6.07. The van der Waals surface area contributed by atoms with Crippen molar-refractivity contribution in [1.82, 2.24) is 25.2 Å². The smallest absolute Gasteiger partial charge is 0.276 e. The summed E-state index contributed by atoms with van der Waals surface area (Å²) in [4.78, 5) is 15.1. The minimum Gasteiger partial charge on any atom is -0.337 e. The average Bonchev–Trinajstić information content (AvgIpc) is 2.94. The molecule has 2 aliphatic heterocycles. The van der Waals surface area contributed by atoms with Crippen LogP contribution in [0.4, 0.5) is 0 Å². The number of amides is 1. The second-order valence-electron chi connectivity index (χ2n) is 7.78. The first-order chi connectivity index (χ1) is 13.2. The first-order valence-electron chi connectivity index (χ1n) is 10.2. The number of hydrogen-bond donors (Lipinski definition) is 1. The normalized spacial score (nSPS) is 21.8. The fraction of sp³-hybridized carbons (Fsp3) is 0.571. The van der Waals surface area contributed by atoms with Crippen LogP contribution in [0.15, 0.2) is 30.3 Å². The van der Waals surface area contributed by atoms with Crippen LogP contribution in [0.1, 0.15) is 65.8 Å². The molecule has 2 saturated heterocycles. The quantitative estimate of drug-likeness (QED) is 0.906. The summed E-state index contributed by atoms with van der Waals surface area (Å²) in [6.45, 7) is 5.58. The molecule has 6 heteroatoms. The van der Waals surface area contributed by atoms with Gasteiger partial charge in [0.25, 0.3) is 5.91 Å². The van der Waals surface area contributed by atoms with Crippen molar-refractivity contribution in [2.75, 3.05) is 26.2 Å². The molecule has 0 spiro atoms. The number of piperidine rings is 1. The summed E-state index contributed by atoms with van der Waals surface area (Å²) in [5, 5.41) is 12.0. The van der Waals surface area contributed by atoms with E-state index in [0.717, 1.165) is 64.0 Å². The second-order valence-corrected chi connectivity index (χ2v) is 7.78. The average molecular weight is 367 g/mol. The van der Waals surface area contributed by atoms with Crippen molar-refractivity contribution in [2.45, 2.75) is 51.0 Å². The fourth-order valence-electron chi connectivity index (χ4n) is 4.44. The maximum Gasteiger partial charge on any atom is 0.276 e. The Bertz CT molecular complexity index is 766. The molecule has 0 aliphatic carbocycles. The molecule has 1 aromatic heterocycles. The van der Waals surface area contributed by atoms with E-state index in [1.54, 1.807) is 0 Å². The van der Waals surface area contributed by atoms with Crippen molar-refractivity contribution in [3.63, 3.8) is 0 Å². The van der Waals surface area contributed by atoms with E-state index in [9.17, 15) is 4.79 Å². The van der Waals surface area contributed by atoms with Gasteiger partial charge in [-0.15, -0.1) is 5.10 Å². The zero-order chi connectivity index (χ0) is 18.6. The minimum atomic E-state index is 0.0430. The van der Waals surface area contributed by atoms with Crippen LogP contribution in [0, 0.1) is 6.92 Å². The molecule has 0 bridgehead atoms. The van der Waals surface area contributed by atoms with Gasteiger partial charge in [0.15, 0.2) is 5.69 Å². The SMILES string of the molecule is Cc1c(C(=O)N2CCCC(c3ccccc3)CC2)nnn1C1CCNCC1. The van der Waals surface area contributed by atoms with E-state index < -0.39 is 0 Å². The van der Waals surface area contributed by atoms with Gasteiger partial charge in [-0.05, 0) is 63.6 Å². The van der Waals surface area contributed by atoms with Gasteiger partial charge in [0, 0.05) is 13.1 Å². The summed E-state index contributed by atoms with van der Waals surface area (Å²) >= 11 is 0. The second kappa shape index (κ2) is 8.21. The van der Waals surface area contributed by atoms with Crippen molar-refractivity contribution in [3.05, 3.63) is 47.3 Å². The van der Waals surface area contributed by atoms with Gasteiger partial charge in [-0.3, -0.25) is 4.79 Å². The van der Waals surface area contributed by atoms with Crippen LogP contribution in [0.2, 0.25) is 0 Å². The highest BCUT2D eigenvalue weighted by atomic mass is 16.2. The Kier molecular flexibility index (Phi) is 5.53. The van der Waals surface area contributed by atoms with Crippen molar-refractivity contribution in [2.24, 2.45) is 0 Å². The van der Waals surface area contributed by atoms with Crippen LogP contribution in [0.3, 0.4) is 0 Å². The Morgan fingerprint density at radius 2 is 1.85 bits per heavy atom. The van der Waals surface area contributed by atoms with Crippen LogP contribution in [-0.2, 0) is 0 Å². The van der Waals surface area contributed by atoms with E-state index in [4.69, 9.17) is 0 Å². The molecule has 3 heterocycles. The number of rotatable bonds is 3. The fourth-order valence-corrected chi connectivity index (χ4v) is 4.44. The molecule has 2 fully saturated rings. The van der Waals surface area contributed by atoms with Crippen molar-refractivity contribution >= 4 is 5.91 Å². The van der Waals surface area contributed by atoms with Gasteiger partial charge in [0.2, 0.25) is 0 Å². The predicted molar refractivity (Wildman–Crippen MR) is 105 cm³/mol. The van der Waals surface area contributed by atoms with Crippen LogP contribution < -0.4 is 5.32 Å². The van der Waals surface area contributed by atoms with Crippen LogP contribution in [0.25, 0.3) is 0 Å². The topological polar surface area (TPSA) is 63.1 Å². The highest BCUT2D eigenvalue weighted by Gasteiger charge is 2.28. The zero-order valence-electron chi connectivity index (χ0n) is 16.1. The summed E-state index contributed by atoms with van der Waals surface area (Å²) in [6, 6.07) is 11.0. The Labute approximate surface area is 160 Å². The number of nitrogens with one attached hydrogen (secondary N) is 1. The molecule has 0 saturated carbocycles. The zero-order valence-corrected chi connectivity index (χ0v) is 16.1. The number of carbonyl (C=O) groups is 1. The minimum absolute atomic E-state index is 0.0430. The standard InChI is InChI=1S/C21H29N5O/c1-16-20(23-24-26(16)19-9-12-22-13-10-19)21(27)25-14-5-8-18(11-15-25)17-6-3-2-4-7-17/h2-4,6-7,18-19,22H,5,8-15H2,1H3. The lowest BCUT2D eigenvalue weighted by Crippen LogP contribution is -2.33. The Morgan fingerprint density at radius 1 is 1.07 bits per heavy atom. The molecule has 4 rings (SSSR count). The number of nitrogens with zero attached hydrogens (tertiary/aromatic N) is 4. The predicted octanol–water partition coefficient (Wildman–Crippen LogP) is 2.92. The van der Waals surface area contributed by atoms with Crippen molar-refractivity contribution < 1.29 is 4.79 Å². The maximum absolute atomic E-state index is 13.1. The van der Waals surface area contributed by atoms with Gasteiger partial charge < -0.3 is 10.2 Å². The molecule has 1 aromatic carbocycles. The summed E-state index contributed by atoms with van der Waals surface area (Å²) in [5.74, 6) is 0.580. The number of hydrogen-bond acceptors (Lipinski definition) is 4. The van der Waals surface area contributed by atoms with E-state index >= 15 is 0 Å². The van der Waals surface area contributed by atoms with Crippen LogP contribution in [-0.4, -0.2) is 52.0 Å². The molecule has 27 heavy (non-hydrogen) atoms. The van der Waals surface area contributed by atoms with Gasteiger partial charge in [-0.25, -0.2) is 4.68 Å². The van der Waals surface area contributed by atoms with Gasteiger partial charge >= 0.3 is 0 Å². The molecular formula is C21H29N5O. The van der Waals surface area contributed by atoms with Crippen LogP contribution in [0.5, 0.6) is 0 Å². The van der Waals surface area contributed by atoms with E-state index in [1.165, 1.54) is 5.56 Å². The monoisotopic (exact) mass is 367 g/mol. The molecule has 2 aliphatic rings. The van der Waals surface area contributed by atoms with Gasteiger partial charge in [0.05, 0.1) is 11.7 Å². The lowest BCUT2D eigenvalue weighted by atomic mass is 9.92. The number of aromatic nitrogens is 3. The highest BCUT2D eigenvalue weighted by molar-refractivity contribution is 5.93. The molecule has 1 N–H and O–H groups in total. The highest BCUT2D eigenvalue weighted by Crippen LogP contribution is 2.28. The summed E-state index contributed by atoms with van der Waals surface area (Å²) in [5.41, 5.74) is 2.84.